The minimum Gasteiger partial charge on any atom is -0.467 e. The third-order valence-electron chi connectivity index (χ3n) is 5.42. The molecule has 3 amide bonds. The molecule has 8 nitrogen and oxygen atoms in total. The van der Waals surface area contributed by atoms with Gasteiger partial charge in [0.05, 0.1) is 30.9 Å². The van der Waals surface area contributed by atoms with Crippen LogP contribution in [-0.2, 0) is 14.3 Å². The van der Waals surface area contributed by atoms with Crippen LogP contribution in [0.25, 0.3) is 0 Å². The van der Waals surface area contributed by atoms with Crippen LogP contribution in [0.15, 0.2) is 18.2 Å². The molecule has 2 atom stereocenters. The van der Waals surface area contributed by atoms with Gasteiger partial charge >= 0.3 is 5.97 Å². The Morgan fingerprint density at radius 3 is 2.62 bits per heavy atom. The van der Waals surface area contributed by atoms with E-state index in [0.29, 0.717) is 19.4 Å². The molecular formula is C21H26N2O6. The summed E-state index contributed by atoms with van der Waals surface area (Å²) in [4.78, 5) is 51.4. The lowest BCUT2D eigenvalue weighted by atomic mass is 9.95. The van der Waals surface area contributed by atoms with E-state index in [1.54, 1.807) is 6.92 Å². The van der Waals surface area contributed by atoms with E-state index in [1.807, 2.05) is 6.92 Å². The second-order valence-electron chi connectivity index (χ2n) is 7.64. The maximum atomic E-state index is 12.8. The highest BCUT2D eigenvalue weighted by Gasteiger charge is 2.39. The number of nitrogens with one attached hydrogen (secondary N) is 1. The second-order valence-corrected chi connectivity index (χ2v) is 7.64. The van der Waals surface area contributed by atoms with Gasteiger partial charge in [-0.15, -0.1) is 0 Å². The molecule has 1 aromatic rings. The van der Waals surface area contributed by atoms with E-state index in [-0.39, 0.29) is 35.2 Å². The number of carbonyl (C=O) groups is 4. The molecule has 0 aromatic heterocycles. The Labute approximate surface area is 169 Å². The van der Waals surface area contributed by atoms with Crippen molar-refractivity contribution in [3.05, 3.63) is 34.9 Å². The number of ether oxygens (including phenoxy) is 2. The lowest BCUT2D eigenvalue weighted by Gasteiger charge is -2.27. The van der Waals surface area contributed by atoms with Gasteiger partial charge in [0.15, 0.2) is 0 Å². The molecule has 2 aliphatic heterocycles. The van der Waals surface area contributed by atoms with E-state index < -0.39 is 23.3 Å². The number of hydrogen-bond acceptors (Lipinski definition) is 6. The van der Waals surface area contributed by atoms with Gasteiger partial charge in [-0.2, -0.15) is 0 Å². The minimum atomic E-state index is -1.18. The molecule has 0 radical (unpaired) electrons. The smallest absolute Gasteiger partial charge is 0.331 e. The molecule has 0 aliphatic carbocycles. The number of carbonyl (C=O) groups excluding carboxylic acids is 4. The first-order chi connectivity index (χ1) is 13.8. The summed E-state index contributed by atoms with van der Waals surface area (Å²) >= 11 is 0. The molecule has 8 heteroatoms. The van der Waals surface area contributed by atoms with Crippen molar-refractivity contribution in [1.29, 1.82) is 0 Å². The van der Waals surface area contributed by atoms with E-state index >= 15 is 0 Å². The Kier molecular flexibility index (Phi) is 6.02. The quantitative estimate of drug-likeness (QED) is 0.552. The van der Waals surface area contributed by atoms with E-state index in [9.17, 15) is 19.2 Å². The third kappa shape index (κ3) is 4.03. The Bertz CT molecular complexity index is 846. The van der Waals surface area contributed by atoms with E-state index in [1.165, 1.54) is 30.2 Å². The molecule has 0 bridgehead atoms. The normalized spacial score (nSPS) is 20.4. The van der Waals surface area contributed by atoms with E-state index in [2.05, 4.69) is 5.32 Å². The third-order valence-corrected chi connectivity index (χ3v) is 5.42. The van der Waals surface area contributed by atoms with Crippen molar-refractivity contribution in [3.63, 3.8) is 0 Å². The Balaban J connectivity index is 1.80. The van der Waals surface area contributed by atoms with E-state index in [0.717, 1.165) is 12.8 Å². The van der Waals surface area contributed by atoms with Crippen LogP contribution >= 0.6 is 0 Å². The first kappa shape index (κ1) is 21.0. The molecule has 29 heavy (non-hydrogen) atoms. The number of fused-ring (bicyclic) bond motifs is 1. The number of methoxy groups -OCH3 is 1. The standard InChI is InChI=1S/C21H26N2O6/c1-4-9-21(2,20(27)28-3)22-17(24)13-7-8-15-16(11-13)19(26)23(18(15)25)12-14-6-5-10-29-14/h7-8,11,14H,4-6,9-10,12H2,1-3H3,(H,22,24). The topological polar surface area (TPSA) is 102 Å². The fourth-order valence-corrected chi connectivity index (χ4v) is 3.85. The molecule has 1 N–H and O–H groups in total. The fourth-order valence-electron chi connectivity index (χ4n) is 3.85. The summed E-state index contributed by atoms with van der Waals surface area (Å²) in [5, 5.41) is 2.71. The lowest BCUT2D eigenvalue weighted by Crippen LogP contribution is -2.52. The van der Waals surface area contributed by atoms with Gasteiger partial charge < -0.3 is 14.8 Å². The summed E-state index contributed by atoms with van der Waals surface area (Å²) in [5.74, 6) is -1.85. The summed E-state index contributed by atoms with van der Waals surface area (Å²) < 4.78 is 10.3. The number of benzene rings is 1. The van der Waals surface area contributed by atoms with Crippen LogP contribution in [0.1, 0.15) is 70.6 Å². The zero-order valence-electron chi connectivity index (χ0n) is 16.9. The summed E-state index contributed by atoms with van der Waals surface area (Å²) in [5.41, 5.74) is -0.509. The largest absolute Gasteiger partial charge is 0.467 e. The molecule has 2 aliphatic rings. The van der Waals surface area contributed by atoms with Gasteiger partial charge in [0.25, 0.3) is 17.7 Å². The van der Waals surface area contributed by atoms with E-state index in [4.69, 9.17) is 9.47 Å². The van der Waals surface area contributed by atoms with Gasteiger partial charge in [0.2, 0.25) is 0 Å². The van der Waals surface area contributed by atoms with Crippen molar-refractivity contribution < 1.29 is 28.7 Å². The average molecular weight is 402 g/mol. The molecule has 2 heterocycles. The van der Waals surface area contributed by atoms with Crippen molar-refractivity contribution in [2.24, 2.45) is 0 Å². The zero-order valence-corrected chi connectivity index (χ0v) is 16.9. The molecule has 1 fully saturated rings. The molecule has 156 valence electrons. The fraction of sp³-hybridized carbons (Fsp3) is 0.524. The lowest BCUT2D eigenvalue weighted by molar-refractivity contribution is -0.147. The second kappa shape index (κ2) is 8.32. The zero-order chi connectivity index (χ0) is 21.2. The Morgan fingerprint density at radius 2 is 2.00 bits per heavy atom. The summed E-state index contributed by atoms with van der Waals surface area (Å²) in [6.45, 7) is 4.35. The van der Waals surface area contributed by atoms with Gasteiger partial charge in [0.1, 0.15) is 5.54 Å². The predicted molar refractivity (Wildman–Crippen MR) is 104 cm³/mol. The molecule has 1 saturated heterocycles. The molecular weight excluding hydrogens is 376 g/mol. The monoisotopic (exact) mass is 402 g/mol. The summed E-state index contributed by atoms with van der Waals surface area (Å²) in [6.07, 6.45) is 2.65. The van der Waals surface area contributed by atoms with Gasteiger partial charge in [-0.1, -0.05) is 13.3 Å². The minimum absolute atomic E-state index is 0.144. The Morgan fingerprint density at radius 1 is 1.28 bits per heavy atom. The van der Waals surface area contributed by atoms with Crippen LogP contribution in [0.4, 0.5) is 0 Å². The summed E-state index contributed by atoms with van der Waals surface area (Å²) in [6, 6.07) is 4.37. The van der Waals surface area contributed by atoms with Crippen LogP contribution in [0.5, 0.6) is 0 Å². The van der Waals surface area contributed by atoms with Crippen LogP contribution < -0.4 is 5.32 Å². The van der Waals surface area contributed by atoms with Gasteiger partial charge in [-0.05, 0) is 44.4 Å². The van der Waals surface area contributed by atoms with Crippen LogP contribution in [0.2, 0.25) is 0 Å². The number of esters is 1. The van der Waals surface area contributed by atoms with Crippen molar-refractivity contribution in [3.8, 4) is 0 Å². The van der Waals surface area contributed by atoms with Gasteiger partial charge in [-0.3, -0.25) is 19.3 Å². The SMILES string of the molecule is CCCC(C)(NC(=O)c1ccc2c(c1)C(=O)N(CC1CCCO1)C2=O)C(=O)OC. The number of rotatable bonds is 7. The Hall–Kier alpha value is -2.74. The highest BCUT2D eigenvalue weighted by Crippen LogP contribution is 2.26. The van der Waals surface area contributed by atoms with Crippen LogP contribution in [-0.4, -0.2) is 60.5 Å². The van der Waals surface area contributed by atoms with Crippen LogP contribution in [0, 0.1) is 0 Å². The first-order valence-electron chi connectivity index (χ1n) is 9.83. The number of amides is 3. The summed E-state index contributed by atoms with van der Waals surface area (Å²) in [7, 11) is 1.27. The first-order valence-corrected chi connectivity index (χ1v) is 9.83. The molecule has 0 spiro atoms. The highest BCUT2D eigenvalue weighted by atomic mass is 16.5. The van der Waals surface area contributed by atoms with Crippen molar-refractivity contribution in [2.75, 3.05) is 20.3 Å². The molecule has 3 rings (SSSR count). The van der Waals surface area contributed by atoms with Crippen LogP contribution in [0.3, 0.4) is 0 Å². The molecule has 2 unspecified atom stereocenters. The number of imide groups is 1. The predicted octanol–water partition coefficient (Wildman–Crippen LogP) is 1.92. The van der Waals surface area contributed by atoms with Gasteiger partial charge in [-0.25, -0.2) is 4.79 Å². The molecule has 1 aromatic carbocycles. The molecule has 0 saturated carbocycles. The maximum absolute atomic E-state index is 12.8. The average Bonchev–Trinajstić information content (AvgIpc) is 3.30. The van der Waals surface area contributed by atoms with Crippen molar-refractivity contribution in [1.82, 2.24) is 10.2 Å². The van der Waals surface area contributed by atoms with Crippen molar-refractivity contribution in [2.45, 2.75) is 51.2 Å². The number of hydrogen-bond donors (Lipinski definition) is 1. The van der Waals surface area contributed by atoms with Crippen molar-refractivity contribution >= 4 is 23.7 Å². The number of nitrogens with zero attached hydrogens (tertiary/aromatic N) is 1. The van der Waals surface area contributed by atoms with Gasteiger partial charge in [0, 0.05) is 12.2 Å². The maximum Gasteiger partial charge on any atom is 0.331 e. The highest BCUT2D eigenvalue weighted by molar-refractivity contribution is 6.22.